The number of hydrogen-bond donors (Lipinski definition) is 0. The van der Waals surface area contributed by atoms with Crippen molar-refractivity contribution in [2.24, 2.45) is 0 Å². The number of aromatic nitrogens is 3. The van der Waals surface area contributed by atoms with E-state index in [0.29, 0.717) is 28.1 Å². The number of rotatable bonds is 4. The minimum absolute atomic E-state index is 0.571. The van der Waals surface area contributed by atoms with Crippen molar-refractivity contribution in [2.75, 3.05) is 0 Å². The van der Waals surface area contributed by atoms with Gasteiger partial charge in [-0.05, 0) is 46.2 Å². The summed E-state index contributed by atoms with van der Waals surface area (Å²) in [5, 5.41) is 4.70. The molecule has 0 amide bonds. The van der Waals surface area contributed by atoms with Crippen molar-refractivity contribution in [2.45, 2.75) is 0 Å². The third-order valence-corrected chi connectivity index (χ3v) is 7.89. The van der Waals surface area contributed by atoms with Crippen LogP contribution in [0.1, 0.15) is 0 Å². The minimum atomic E-state index is 0.571. The normalized spacial score (nSPS) is 11.5. The molecule has 0 aliphatic rings. The van der Waals surface area contributed by atoms with Crippen molar-refractivity contribution in [3.05, 3.63) is 138 Å². The van der Waals surface area contributed by atoms with E-state index in [1.165, 1.54) is 11.1 Å². The van der Waals surface area contributed by atoms with Gasteiger partial charge >= 0.3 is 0 Å². The van der Waals surface area contributed by atoms with Crippen molar-refractivity contribution in [1.82, 2.24) is 15.0 Å². The van der Waals surface area contributed by atoms with E-state index >= 15 is 0 Å². The standard InChI is InChI=1S/C37H22ClN3O/c38-31-15-7-13-29-33-30(14-8-16-32(33)42-34(29)31)37-40-35(25-11-5-2-6-12-25)39-36(41-37)27-20-18-24-17-19-26(21-28(24)22-27)23-9-3-1-4-10-23/h1-22H. The highest BCUT2D eigenvalue weighted by molar-refractivity contribution is 6.36. The molecule has 0 bridgehead atoms. The van der Waals surface area contributed by atoms with Crippen LogP contribution in [0.5, 0.6) is 0 Å². The van der Waals surface area contributed by atoms with Crippen LogP contribution in [0.3, 0.4) is 0 Å². The molecule has 198 valence electrons. The molecule has 8 aromatic rings. The lowest BCUT2D eigenvalue weighted by Gasteiger charge is -2.10. The molecule has 0 atom stereocenters. The fraction of sp³-hybridized carbons (Fsp3) is 0. The molecular weight excluding hydrogens is 538 g/mol. The molecule has 0 radical (unpaired) electrons. The molecule has 6 aromatic carbocycles. The number of benzene rings is 6. The Labute approximate surface area is 246 Å². The third-order valence-electron chi connectivity index (χ3n) is 7.59. The van der Waals surface area contributed by atoms with E-state index in [1.54, 1.807) is 0 Å². The maximum absolute atomic E-state index is 6.50. The van der Waals surface area contributed by atoms with Gasteiger partial charge < -0.3 is 4.42 Å². The molecule has 0 N–H and O–H groups in total. The van der Waals surface area contributed by atoms with Gasteiger partial charge in [0.25, 0.3) is 0 Å². The molecule has 5 heteroatoms. The second-order valence-corrected chi connectivity index (χ2v) is 10.6. The molecule has 0 spiro atoms. The highest BCUT2D eigenvalue weighted by Crippen LogP contribution is 2.39. The van der Waals surface area contributed by atoms with Gasteiger partial charge in [0.1, 0.15) is 5.58 Å². The number of nitrogens with zero attached hydrogens (tertiary/aromatic N) is 3. The van der Waals surface area contributed by atoms with Crippen LogP contribution in [0.15, 0.2) is 138 Å². The SMILES string of the molecule is Clc1cccc2c1oc1cccc(-c3nc(-c4ccccc4)nc(-c4ccc5ccc(-c6ccccc6)cc5c4)n3)c12. The highest BCUT2D eigenvalue weighted by atomic mass is 35.5. The number of para-hydroxylation sites is 1. The van der Waals surface area contributed by atoms with Crippen molar-refractivity contribution < 1.29 is 4.42 Å². The summed E-state index contributed by atoms with van der Waals surface area (Å²) < 4.78 is 6.17. The van der Waals surface area contributed by atoms with Gasteiger partial charge in [-0.15, -0.1) is 0 Å². The molecule has 0 aliphatic carbocycles. The van der Waals surface area contributed by atoms with Gasteiger partial charge in [0.15, 0.2) is 23.1 Å². The Bertz CT molecular complexity index is 2260. The van der Waals surface area contributed by atoms with E-state index in [1.807, 2.05) is 72.8 Å². The predicted octanol–water partition coefficient (Wildman–Crippen LogP) is 10.2. The molecule has 42 heavy (non-hydrogen) atoms. The summed E-state index contributed by atoms with van der Waals surface area (Å²) in [4.78, 5) is 15.0. The van der Waals surface area contributed by atoms with Crippen LogP contribution in [0.4, 0.5) is 0 Å². The lowest BCUT2D eigenvalue weighted by Crippen LogP contribution is -2.00. The van der Waals surface area contributed by atoms with E-state index in [9.17, 15) is 0 Å². The summed E-state index contributed by atoms with van der Waals surface area (Å²) in [7, 11) is 0. The molecule has 0 saturated carbocycles. The summed E-state index contributed by atoms with van der Waals surface area (Å²) in [6.45, 7) is 0. The lowest BCUT2D eigenvalue weighted by molar-refractivity contribution is 0.669. The molecule has 2 aromatic heterocycles. The Hall–Kier alpha value is -5.32. The maximum atomic E-state index is 6.50. The summed E-state index contributed by atoms with van der Waals surface area (Å²) in [5.74, 6) is 1.79. The van der Waals surface area contributed by atoms with E-state index in [2.05, 4.69) is 60.7 Å². The molecule has 8 rings (SSSR count). The number of fused-ring (bicyclic) bond motifs is 4. The first-order chi connectivity index (χ1) is 20.7. The average molecular weight is 560 g/mol. The van der Waals surface area contributed by atoms with E-state index in [0.717, 1.165) is 43.8 Å². The summed E-state index contributed by atoms with van der Waals surface area (Å²) in [6, 6.07) is 45.0. The van der Waals surface area contributed by atoms with Crippen LogP contribution in [-0.2, 0) is 0 Å². The zero-order valence-corrected chi connectivity index (χ0v) is 23.1. The molecule has 0 aliphatic heterocycles. The largest absolute Gasteiger partial charge is 0.454 e. The van der Waals surface area contributed by atoms with Crippen LogP contribution in [0.25, 0.3) is 78.0 Å². The van der Waals surface area contributed by atoms with Crippen molar-refractivity contribution in [3.63, 3.8) is 0 Å². The second kappa shape index (κ2) is 9.95. The minimum Gasteiger partial charge on any atom is -0.454 e. The molecule has 0 unspecified atom stereocenters. The Balaban J connectivity index is 1.35. The third kappa shape index (κ3) is 4.21. The van der Waals surface area contributed by atoms with Crippen LogP contribution < -0.4 is 0 Å². The van der Waals surface area contributed by atoms with Crippen LogP contribution in [0, 0.1) is 0 Å². The van der Waals surface area contributed by atoms with Gasteiger partial charge in [0, 0.05) is 27.5 Å². The predicted molar refractivity (Wildman–Crippen MR) is 171 cm³/mol. The van der Waals surface area contributed by atoms with Crippen LogP contribution in [0.2, 0.25) is 5.02 Å². The van der Waals surface area contributed by atoms with Crippen molar-refractivity contribution in [1.29, 1.82) is 0 Å². The Morgan fingerprint density at radius 2 is 1.12 bits per heavy atom. The molecule has 4 nitrogen and oxygen atoms in total. The molecule has 0 fully saturated rings. The van der Waals surface area contributed by atoms with Gasteiger partial charge in [-0.1, -0.05) is 121 Å². The van der Waals surface area contributed by atoms with E-state index < -0.39 is 0 Å². The van der Waals surface area contributed by atoms with Crippen LogP contribution in [-0.4, -0.2) is 15.0 Å². The van der Waals surface area contributed by atoms with Gasteiger partial charge in [-0.2, -0.15) is 0 Å². The second-order valence-electron chi connectivity index (χ2n) is 10.2. The Morgan fingerprint density at radius 1 is 0.476 bits per heavy atom. The van der Waals surface area contributed by atoms with Gasteiger partial charge in [-0.25, -0.2) is 15.0 Å². The zero-order chi connectivity index (χ0) is 28.0. The highest BCUT2D eigenvalue weighted by Gasteiger charge is 2.18. The maximum Gasteiger partial charge on any atom is 0.164 e. The van der Waals surface area contributed by atoms with E-state index in [4.69, 9.17) is 31.0 Å². The first-order valence-electron chi connectivity index (χ1n) is 13.7. The topological polar surface area (TPSA) is 51.8 Å². The monoisotopic (exact) mass is 559 g/mol. The summed E-state index contributed by atoms with van der Waals surface area (Å²) >= 11 is 6.50. The van der Waals surface area contributed by atoms with Gasteiger partial charge in [0.05, 0.1) is 5.02 Å². The van der Waals surface area contributed by atoms with Crippen molar-refractivity contribution >= 4 is 44.3 Å². The first-order valence-corrected chi connectivity index (χ1v) is 14.1. The Morgan fingerprint density at radius 3 is 1.90 bits per heavy atom. The van der Waals surface area contributed by atoms with Gasteiger partial charge in [-0.3, -0.25) is 0 Å². The fourth-order valence-electron chi connectivity index (χ4n) is 5.54. The van der Waals surface area contributed by atoms with Gasteiger partial charge in [0.2, 0.25) is 0 Å². The number of hydrogen-bond acceptors (Lipinski definition) is 4. The number of halogens is 1. The quantitative estimate of drug-likeness (QED) is 0.215. The summed E-state index contributed by atoms with van der Waals surface area (Å²) in [6.07, 6.45) is 0. The average Bonchev–Trinajstić information content (AvgIpc) is 3.45. The number of furan rings is 1. The van der Waals surface area contributed by atoms with E-state index in [-0.39, 0.29) is 0 Å². The fourth-order valence-corrected chi connectivity index (χ4v) is 5.75. The molecule has 2 heterocycles. The smallest absolute Gasteiger partial charge is 0.164 e. The first kappa shape index (κ1) is 24.5. The molecule has 0 saturated heterocycles. The summed E-state index contributed by atoms with van der Waals surface area (Å²) in [5.41, 5.74) is 6.43. The zero-order valence-electron chi connectivity index (χ0n) is 22.3. The van der Waals surface area contributed by atoms with Crippen LogP contribution >= 0.6 is 11.6 Å². The Kier molecular flexibility index (Phi) is 5.80. The molecular formula is C37H22ClN3O. The van der Waals surface area contributed by atoms with Crippen molar-refractivity contribution in [3.8, 4) is 45.3 Å². The lowest BCUT2D eigenvalue weighted by atomic mass is 9.99.